The van der Waals surface area contributed by atoms with Crippen LogP contribution in [0.15, 0.2) is 0 Å². The molecule has 0 aromatic rings. The molecule has 4 nitrogen and oxygen atoms in total. The van der Waals surface area contributed by atoms with Crippen molar-refractivity contribution >= 4 is 17.7 Å². The molecule has 0 aliphatic heterocycles. The van der Waals surface area contributed by atoms with Crippen LogP contribution in [0.3, 0.4) is 0 Å². The summed E-state index contributed by atoms with van der Waals surface area (Å²) in [6.07, 6.45) is 5.12. The van der Waals surface area contributed by atoms with Crippen LogP contribution in [0.1, 0.15) is 59.3 Å². The zero-order chi connectivity index (χ0) is 11.9. The normalized spacial score (nSPS) is 12.3. The molecule has 16 heavy (non-hydrogen) atoms. The van der Waals surface area contributed by atoms with E-state index in [1.807, 2.05) is 13.8 Å². The molecule has 0 heterocycles. The molecule has 2 N–H and O–H groups in total. The largest absolute Gasteiger partial charge is 0.470 e. The first-order valence-corrected chi connectivity index (χ1v) is 7.18. The Labute approximate surface area is 102 Å². The average Bonchev–Trinajstić information content (AvgIpc) is 2.15. The van der Waals surface area contributed by atoms with Gasteiger partial charge in [0, 0.05) is 0 Å². The highest BCUT2D eigenvalue weighted by Crippen LogP contribution is 2.45. The summed E-state index contributed by atoms with van der Waals surface area (Å²) in [6.45, 7) is 5.92. The maximum Gasteiger partial charge on any atom is 0.470 e. The fourth-order valence-electron chi connectivity index (χ4n) is 1.73. The van der Waals surface area contributed by atoms with Gasteiger partial charge in [0.2, 0.25) is 0 Å². The zero-order valence-electron chi connectivity index (χ0n) is 10.6. The minimum absolute atomic E-state index is 0. The second kappa shape index (κ2) is 8.60. The first-order valence-electron chi connectivity index (χ1n) is 5.65. The van der Waals surface area contributed by atoms with Gasteiger partial charge in [0.1, 0.15) is 0 Å². The van der Waals surface area contributed by atoms with E-state index < -0.39 is 13.4 Å². The van der Waals surface area contributed by atoms with Crippen molar-refractivity contribution in [2.45, 2.75) is 64.9 Å². The quantitative estimate of drug-likeness (QED) is 0.525. The molecule has 0 saturated carbocycles. The third kappa shape index (κ3) is 7.76. The van der Waals surface area contributed by atoms with E-state index in [9.17, 15) is 4.57 Å². The van der Waals surface area contributed by atoms with E-state index >= 15 is 0 Å². The Hall–Kier alpha value is 0.540. The summed E-state index contributed by atoms with van der Waals surface area (Å²) in [6, 6.07) is 0. The molecular weight excluding hydrogens is 246 g/mol. The number of unbranched alkanes of at least 4 members (excludes halogenated alkanes) is 2. The molecule has 0 rings (SSSR count). The van der Waals surface area contributed by atoms with Crippen LogP contribution in [0, 0.1) is 0 Å². The summed E-state index contributed by atoms with van der Waals surface area (Å²) in [4.78, 5) is 17.7. The lowest BCUT2D eigenvalue weighted by atomic mass is 9.91. The second-order valence-corrected chi connectivity index (χ2v) is 5.09. The fourth-order valence-corrected chi connectivity index (χ4v) is 2.58. The molecule has 0 aromatic carbocycles. The number of phosphoric acid groups is 1. The van der Waals surface area contributed by atoms with Crippen molar-refractivity contribution in [3.05, 3.63) is 0 Å². The smallest absolute Gasteiger partial charge is 0.303 e. The molecule has 0 aliphatic rings. The number of hydrogen-bond donors (Lipinski definition) is 2. The maximum atomic E-state index is 10.9. The topological polar surface area (TPSA) is 66.8 Å². The number of phosphoric ester groups is 1. The van der Waals surface area contributed by atoms with Gasteiger partial charge in [-0.25, -0.2) is 4.57 Å². The van der Waals surface area contributed by atoms with E-state index in [2.05, 4.69) is 6.92 Å². The van der Waals surface area contributed by atoms with Crippen molar-refractivity contribution in [3.8, 4) is 0 Å². The standard InChI is InChI=1S/C10H23O4P.H3P/c1-4-7-8-9-10(5-2,6-3)14-15(11,12)13;/h4-9H2,1-3H3,(H2,11,12,13);1H3. The van der Waals surface area contributed by atoms with Gasteiger partial charge in [-0.3, -0.25) is 4.52 Å². The summed E-state index contributed by atoms with van der Waals surface area (Å²) in [7, 11) is -4.37. The molecule has 0 saturated heterocycles. The molecule has 0 fully saturated rings. The Balaban J connectivity index is 0. The predicted molar refractivity (Wildman–Crippen MR) is 71.7 cm³/mol. The fraction of sp³-hybridized carbons (Fsp3) is 1.00. The van der Waals surface area contributed by atoms with Crippen molar-refractivity contribution in [1.29, 1.82) is 0 Å². The van der Waals surface area contributed by atoms with Crippen molar-refractivity contribution in [2.75, 3.05) is 0 Å². The van der Waals surface area contributed by atoms with E-state index in [0.29, 0.717) is 12.8 Å². The molecule has 0 aliphatic carbocycles. The molecule has 100 valence electrons. The lowest BCUT2D eigenvalue weighted by Crippen LogP contribution is -2.29. The van der Waals surface area contributed by atoms with Gasteiger partial charge in [0.05, 0.1) is 5.60 Å². The summed E-state index contributed by atoms with van der Waals surface area (Å²) in [5.41, 5.74) is -0.645. The Kier molecular flexibility index (Phi) is 10.2. The highest BCUT2D eigenvalue weighted by molar-refractivity contribution is 7.46. The van der Waals surface area contributed by atoms with Crippen LogP contribution < -0.4 is 0 Å². The van der Waals surface area contributed by atoms with Crippen LogP contribution in [0.25, 0.3) is 0 Å². The molecule has 0 spiro atoms. The van der Waals surface area contributed by atoms with Gasteiger partial charge in [0.25, 0.3) is 0 Å². The molecule has 0 amide bonds. The zero-order valence-corrected chi connectivity index (χ0v) is 12.9. The summed E-state index contributed by atoms with van der Waals surface area (Å²) >= 11 is 0. The summed E-state index contributed by atoms with van der Waals surface area (Å²) in [5, 5.41) is 0. The first-order chi connectivity index (χ1) is 6.89. The Morgan fingerprint density at radius 3 is 1.94 bits per heavy atom. The molecule has 1 unspecified atom stereocenters. The summed E-state index contributed by atoms with van der Waals surface area (Å²) < 4.78 is 15.8. The molecule has 1 atom stereocenters. The monoisotopic (exact) mass is 272 g/mol. The van der Waals surface area contributed by atoms with Gasteiger partial charge >= 0.3 is 7.82 Å². The lowest BCUT2D eigenvalue weighted by Gasteiger charge is -2.31. The predicted octanol–water partition coefficient (Wildman–Crippen LogP) is 3.29. The van der Waals surface area contributed by atoms with Crippen LogP contribution in [0.4, 0.5) is 0 Å². The van der Waals surface area contributed by atoms with E-state index in [1.54, 1.807) is 0 Å². The third-order valence-electron chi connectivity index (χ3n) is 2.84. The van der Waals surface area contributed by atoms with Crippen molar-refractivity contribution in [1.82, 2.24) is 0 Å². The van der Waals surface area contributed by atoms with Crippen molar-refractivity contribution in [3.63, 3.8) is 0 Å². The van der Waals surface area contributed by atoms with E-state index in [1.165, 1.54) is 0 Å². The molecular formula is C10H26O4P2. The van der Waals surface area contributed by atoms with Crippen molar-refractivity contribution in [2.24, 2.45) is 0 Å². The molecule has 0 radical (unpaired) electrons. The van der Waals surface area contributed by atoms with Gasteiger partial charge in [-0.1, -0.05) is 40.0 Å². The van der Waals surface area contributed by atoms with Crippen LogP contribution in [-0.4, -0.2) is 15.4 Å². The molecule has 0 aromatic heterocycles. The van der Waals surface area contributed by atoms with Gasteiger partial charge in [-0.2, -0.15) is 9.90 Å². The van der Waals surface area contributed by atoms with Crippen LogP contribution in [0.2, 0.25) is 0 Å². The Bertz CT molecular complexity index is 211. The Morgan fingerprint density at radius 1 is 1.12 bits per heavy atom. The van der Waals surface area contributed by atoms with Gasteiger partial charge in [0.15, 0.2) is 0 Å². The maximum absolute atomic E-state index is 10.9. The van der Waals surface area contributed by atoms with Gasteiger partial charge in [-0.05, 0) is 19.3 Å². The minimum Gasteiger partial charge on any atom is -0.303 e. The number of hydrogen-bond acceptors (Lipinski definition) is 2. The summed E-state index contributed by atoms with van der Waals surface area (Å²) in [5.74, 6) is 0. The van der Waals surface area contributed by atoms with Crippen LogP contribution >= 0.6 is 17.7 Å². The van der Waals surface area contributed by atoms with E-state index in [0.717, 1.165) is 25.7 Å². The third-order valence-corrected chi connectivity index (χ3v) is 3.46. The highest BCUT2D eigenvalue weighted by atomic mass is 31.2. The van der Waals surface area contributed by atoms with Gasteiger partial charge in [-0.15, -0.1) is 0 Å². The number of rotatable bonds is 8. The van der Waals surface area contributed by atoms with E-state index in [-0.39, 0.29) is 9.90 Å². The average molecular weight is 272 g/mol. The lowest BCUT2D eigenvalue weighted by molar-refractivity contribution is 0.0174. The second-order valence-electron chi connectivity index (χ2n) is 3.93. The minimum atomic E-state index is -4.37. The van der Waals surface area contributed by atoms with Crippen LogP contribution in [-0.2, 0) is 9.09 Å². The molecule has 0 bridgehead atoms. The van der Waals surface area contributed by atoms with Crippen LogP contribution in [0.5, 0.6) is 0 Å². The van der Waals surface area contributed by atoms with Gasteiger partial charge < -0.3 is 9.79 Å². The SMILES string of the molecule is CCCCCC(CC)(CC)OP(=O)(O)O.P. The van der Waals surface area contributed by atoms with E-state index in [4.69, 9.17) is 14.3 Å². The Morgan fingerprint density at radius 2 is 1.62 bits per heavy atom. The first kappa shape index (κ1) is 18.9. The molecule has 6 heteroatoms. The highest BCUT2D eigenvalue weighted by Gasteiger charge is 2.34. The van der Waals surface area contributed by atoms with Crippen molar-refractivity contribution < 1.29 is 18.9 Å².